The first-order chi connectivity index (χ1) is 22.8. The molecule has 0 spiro atoms. The van der Waals surface area contributed by atoms with Crippen LogP contribution in [0.25, 0.3) is 0 Å². The van der Waals surface area contributed by atoms with Crippen molar-refractivity contribution in [2.75, 3.05) is 18.0 Å². The van der Waals surface area contributed by atoms with Crippen LogP contribution in [0.1, 0.15) is 30.5 Å². The molecule has 0 radical (unpaired) electrons. The largest absolute Gasteiger partial charge is 0.497 e. The summed E-state index contributed by atoms with van der Waals surface area (Å²) in [4.78, 5) is 40.4. The van der Waals surface area contributed by atoms with Crippen molar-refractivity contribution in [2.24, 2.45) is 0 Å². The Hall–Kier alpha value is -4.75. The van der Waals surface area contributed by atoms with E-state index in [0.717, 1.165) is 26.0 Å². The number of carbonyl (C=O) groups is 2. The van der Waals surface area contributed by atoms with Gasteiger partial charge in [-0.05, 0) is 74.4 Å². The monoisotopic (exact) mass is 736 g/mol. The first-order valence-electron chi connectivity index (χ1n) is 15.1. The predicted octanol–water partition coefficient (Wildman–Crippen LogP) is 6.03. The van der Waals surface area contributed by atoms with Crippen molar-refractivity contribution >= 4 is 49.1 Å². The summed E-state index contributed by atoms with van der Waals surface area (Å²) in [5, 5.41) is 14.6. The zero-order chi connectivity index (χ0) is 35.0. The molecule has 48 heavy (non-hydrogen) atoms. The van der Waals surface area contributed by atoms with Gasteiger partial charge in [0, 0.05) is 35.1 Å². The summed E-state index contributed by atoms with van der Waals surface area (Å²) in [6.45, 7) is 4.44. The van der Waals surface area contributed by atoms with E-state index >= 15 is 0 Å². The van der Waals surface area contributed by atoms with Crippen molar-refractivity contribution < 1.29 is 27.7 Å². The number of carbonyl (C=O) groups excluding carboxylic acids is 2. The Kier molecular flexibility index (Phi) is 12.0. The van der Waals surface area contributed by atoms with E-state index in [2.05, 4.69) is 21.2 Å². The van der Waals surface area contributed by atoms with Crippen molar-refractivity contribution in [1.82, 2.24) is 10.2 Å². The van der Waals surface area contributed by atoms with E-state index in [1.165, 1.54) is 43.2 Å². The number of sulfonamides is 1. The van der Waals surface area contributed by atoms with Crippen LogP contribution in [-0.4, -0.2) is 55.8 Å². The number of amides is 2. The molecular weight excluding hydrogens is 700 g/mol. The van der Waals surface area contributed by atoms with E-state index in [-0.39, 0.29) is 40.8 Å². The Morgan fingerprint density at radius 1 is 0.938 bits per heavy atom. The minimum atomic E-state index is -4.54. The van der Waals surface area contributed by atoms with E-state index in [9.17, 15) is 28.1 Å². The zero-order valence-electron chi connectivity index (χ0n) is 27.0. The Morgan fingerprint density at radius 3 is 2.17 bits per heavy atom. The van der Waals surface area contributed by atoms with E-state index in [4.69, 9.17) is 4.74 Å². The van der Waals surface area contributed by atoms with E-state index in [1.54, 1.807) is 12.1 Å². The van der Waals surface area contributed by atoms with Crippen LogP contribution >= 0.6 is 15.9 Å². The quantitative estimate of drug-likeness (QED) is 0.123. The number of ether oxygens (including phenoxy) is 1. The highest BCUT2D eigenvalue weighted by molar-refractivity contribution is 9.10. The molecule has 4 aromatic rings. The molecule has 1 N–H and O–H groups in total. The van der Waals surface area contributed by atoms with Gasteiger partial charge in [-0.15, -0.1) is 0 Å². The minimum Gasteiger partial charge on any atom is -0.497 e. The molecule has 0 heterocycles. The number of hydrogen-bond acceptors (Lipinski definition) is 7. The number of aryl methyl sites for hydroxylation is 1. The lowest BCUT2D eigenvalue weighted by Gasteiger charge is -2.34. The minimum absolute atomic E-state index is 0.00162. The summed E-state index contributed by atoms with van der Waals surface area (Å²) in [5.41, 5.74) is 1.56. The number of anilines is 1. The molecule has 252 valence electrons. The van der Waals surface area contributed by atoms with Gasteiger partial charge in [0.1, 0.15) is 18.3 Å². The van der Waals surface area contributed by atoms with Crippen LogP contribution in [0, 0.1) is 17.0 Å². The zero-order valence-corrected chi connectivity index (χ0v) is 29.4. The summed E-state index contributed by atoms with van der Waals surface area (Å²) in [6.07, 6.45) is 0.168. The molecule has 2 amide bonds. The normalized spacial score (nSPS) is 11.9. The number of rotatable bonds is 14. The number of benzene rings is 4. The summed E-state index contributed by atoms with van der Waals surface area (Å²) in [7, 11) is -3.08. The van der Waals surface area contributed by atoms with Gasteiger partial charge in [-0.25, -0.2) is 8.42 Å². The van der Waals surface area contributed by atoms with Crippen LogP contribution in [0.5, 0.6) is 5.75 Å². The van der Waals surface area contributed by atoms with Crippen molar-refractivity contribution in [1.29, 1.82) is 0 Å². The first-order valence-corrected chi connectivity index (χ1v) is 17.3. The third-order valence-corrected chi connectivity index (χ3v) is 9.87. The fraction of sp³-hybridized carbons (Fsp3) is 0.257. The number of nitro groups is 1. The fourth-order valence-corrected chi connectivity index (χ4v) is 6.77. The number of hydrogen-bond donors (Lipinski definition) is 1. The first kappa shape index (κ1) is 36.1. The lowest BCUT2D eigenvalue weighted by atomic mass is 10.0. The maximum absolute atomic E-state index is 14.5. The third kappa shape index (κ3) is 8.98. The van der Waals surface area contributed by atoms with Crippen LogP contribution in [-0.2, 0) is 32.6 Å². The van der Waals surface area contributed by atoms with Gasteiger partial charge >= 0.3 is 0 Å². The van der Waals surface area contributed by atoms with Crippen LogP contribution in [0.3, 0.4) is 0 Å². The highest BCUT2D eigenvalue weighted by Crippen LogP contribution is 2.30. The lowest BCUT2D eigenvalue weighted by molar-refractivity contribution is -0.385. The second-order valence-electron chi connectivity index (χ2n) is 11.4. The molecule has 11 nitrogen and oxygen atoms in total. The molecule has 13 heteroatoms. The Morgan fingerprint density at radius 2 is 1.58 bits per heavy atom. The molecule has 0 unspecified atom stereocenters. The van der Waals surface area contributed by atoms with Gasteiger partial charge in [0.05, 0.1) is 22.6 Å². The molecule has 0 saturated carbocycles. The Bertz CT molecular complexity index is 1850. The molecule has 0 aliphatic heterocycles. The number of nitrogens with one attached hydrogen (secondary N) is 1. The maximum atomic E-state index is 14.5. The average molecular weight is 738 g/mol. The van der Waals surface area contributed by atoms with Gasteiger partial charge in [-0.2, -0.15) is 0 Å². The average Bonchev–Trinajstić information content (AvgIpc) is 3.06. The highest BCUT2D eigenvalue weighted by Gasteiger charge is 2.35. The Balaban J connectivity index is 1.84. The van der Waals surface area contributed by atoms with Crippen molar-refractivity contribution in [3.8, 4) is 5.75 Å². The van der Waals surface area contributed by atoms with Gasteiger partial charge in [-0.3, -0.25) is 24.0 Å². The fourth-order valence-electron chi connectivity index (χ4n) is 5.07. The van der Waals surface area contributed by atoms with Crippen molar-refractivity contribution in [2.45, 2.75) is 50.7 Å². The standard InChI is InChI=1S/C35H37BrN4O7S/c1-24(2)37-35(42)33(20-26-8-6-5-7-9-26)38(22-27-11-13-28(36)14-12-27)34(41)23-39(29-15-17-30(47-4)18-16-29)48(45,46)31-19-10-25(3)32(21-31)40(43)44/h5-19,21,24,33H,20,22-23H2,1-4H3,(H,37,42)/t33-/m0/s1. The number of nitro benzene ring substituents is 1. The number of methoxy groups -OCH3 is 1. The van der Waals surface area contributed by atoms with Crippen LogP contribution in [0.4, 0.5) is 11.4 Å². The smallest absolute Gasteiger partial charge is 0.273 e. The molecular formula is C35H37BrN4O7S. The van der Waals surface area contributed by atoms with Crippen molar-refractivity contribution in [3.63, 3.8) is 0 Å². The number of nitrogens with zero attached hydrogens (tertiary/aromatic N) is 3. The Labute approximate surface area is 288 Å². The molecule has 0 fully saturated rings. The van der Waals surface area contributed by atoms with E-state index in [0.29, 0.717) is 5.75 Å². The molecule has 1 atom stereocenters. The van der Waals surface area contributed by atoms with Gasteiger partial charge < -0.3 is 15.0 Å². The summed E-state index contributed by atoms with van der Waals surface area (Å²) >= 11 is 3.43. The van der Waals surface area contributed by atoms with Gasteiger partial charge in [0.25, 0.3) is 15.7 Å². The summed E-state index contributed by atoms with van der Waals surface area (Å²) in [6, 6.07) is 24.9. The van der Waals surface area contributed by atoms with Crippen LogP contribution in [0.15, 0.2) is 106 Å². The summed E-state index contributed by atoms with van der Waals surface area (Å²) < 4.78 is 35.5. The maximum Gasteiger partial charge on any atom is 0.273 e. The molecule has 0 aliphatic carbocycles. The molecule has 0 aliphatic rings. The third-order valence-electron chi connectivity index (χ3n) is 7.57. The molecule has 4 rings (SSSR count). The van der Waals surface area contributed by atoms with Crippen LogP contribution < -0.4 is 14.4 Å². The highest BCUT2D eigenvalue weighted by atomic mass is 79.9. The molecule has 0 aromatic heterocycles. The second-order valence-corrected chi connectivity index (χ2v) is 14.2. The predicted molar refractivity (Wildman–Crippen MR) is 187 cm³/mol. The molecule has 4 aromatic carbocycles. The van der Waals surface area contributed by atoms with Crippen LogP contribution in [0.2, 0.25) is 0 Å². The molecule has 0 saturated heterocycles. The number of halogens is 1. The van der Waals surface area contributed by atoms with E-state index < -0.39 is 39.3 Å². The van der Waals surface area contributed by atoms with Crippen molar-refractivity contribution in [3.05, 3.63) is 128 Å². The second kappa shape index (κ2) is 15.9. The molecule has 0 bridgehead atoms. The lowest BCUT2D eigenvalue weighted by Crippen LogP contribution is -2.54. The summed E-state index contributed by atoms with van der Waals surface area (Å²) in [5.74, 6) is -0.593. The van der Waals surface area contributed by atoms with Gasteiger partial charge in [0.15, 0.2) is 0 Å². The SMILES string of the molecule is COc1ccc(N(CC(=O)N(Cc2ccc(Br)cc2)[C@@H](Cc2ccccc2)C(=O)NC(C)C)S(=O)(=O)c2ccc(C)c([N+](=O)[O-])c2)cc1. The van der Waals surface area contributed by atoms with Gasteiger partial charge in [-0.1, -0.05) is 64.5 Å². The topological polar surface area (TPSA) is 139 Å². The van der Waals surface area contributed by atoms with E-state index in [1.807, 2.05) is 68.4 Å². The van der Waals surface area contributed by atoms with Gasteiger partial charge in [0.2, 0.25) is 11.8 Å².